The fraction of sp³-hybridized carbons (Fsp3) is 0.571. The molecule has 0 aromatic heterocycles. The molecule has 1 fully saturated rings. The standard InChI is InChI=1S/C14H22N2O2S/c1-11-8-9-12(15)10-14(11)19(17,18)16(2)13-6-4-3-5-7-13/h8-10,13H,3-7,15H2,1-2H3. The molecule has 0 heterocycles. The normalized spacial score (nSPS) is 17.8. The molecule has 0 atom stereocenters. The third-order valence-electron chi connectivity index (χ3n) is 3.96. The van der Waals surface area contributed by atoms with Crippen molar-refractivity contribution >= 4 is 15.7 Å². The van der Waals surface area contributed by atoms with Crippen molar-refractivity contribution in [2.45, 2.75) is 50.0 Å². The minimum atomic E-state index is -3.44. The van der Waals surface area contributed by atoms with Crippen LogP contribution in [0, 0.1) is 6.92 Å². The number of rotatable bonds is 3. The van der Waals surface area contributed by atoms with Gasteiger partial charge in [-0.15, -0.1) is 0 Å². The molecule has 0 saturated heterocycles. The summed E-state index contributed by atoms with van der Waals surface area (Å²) in [7, 11) is -1.75. The number of aryl methyl sites for hydroxylation is 1. The summed E-state index contributed by atoms with van der Waals surface area (Å²) in [5, 5.41) is 0. The highest BCUT2D eigenvalue weighted by molar-refractivity contribution is 7.89. The number of nitrogen functional groups attached to an aromatic ring is 1. The Labute approximate surface area is 115 Å². The molecule has 2 N–H and O–H groups in total. The van der Waals surface area contributed by atoms with Crippen molar-refractivity contribution in [1.82, 2.24) is 4.31 Å². The molecule has 1 saturated carbocycles. The molecule has 1 aliphatic rings. The highest BCUT2D eigenvalue weighted by atomic mass is 32.2. The summed E-state index contributed by atoms with van der Waals surface area (Å²) >= 11 is 0. The first kappa shape index (κ1) is 14.3. The number of nitrogens with two attached hydrogens (primary N) is 1. The molecule has 4 nitrogen and oxygen atoms in total. The predicted octanol–water partition coefficient (Wildman–Crippen LogP) is 2.53. The topological polar surface area (TPSA) is 63.4 Å². The second-order valence-electron chi connectivity index (χ2n) is 5.34. The van der Waals surface area contributed by atoms with Crippen LogP contribution in [-0.2, 0) is 10.0 Å². The van der Waals surface area contributed by atoms with E-state index in [9.17, 15) is 8.42 Å². The van der Waals surface area contributed by atoms with Crippen molar-refractivity contribution < 1.29 is 8.42 Å². The Hall–Kier alpha value is -1.07. The third kappa shape index (κ3) is 2.92. The molecule has 2 rings (SSSR count). The van der Waals surface area contributed by atoms with Crippen LogP contribution in [0.25, 0.3) is 0 Å². The van der Waals surface area contributed by atoms with Gasteiger partial charge in [-0.1, -0.05) is 25.3 Å². The van der Waals surface area contributed by atoms with E-state index in [1.807, 2.05) is 0 Å². The molecule has 19 heavy (non-hydrogen) atoms. The van der Waals surface area contributed by atoms with E-state index in [1.165, 1.54) is 10.7 Å². The highest BCUT2D eigenvalue weighted by Gasteiger charge is 2.30. The Balaban J connectivity index is 2.33. The summed E-state index contributed by atoms with van der Waals surface area (Å²) in [6.45, 7) is 1.81. The lowest BCUT2D eigenvalue weighted by atomic mass is 9.96. The van der Waals surface area contributed by atoms with E-state index >= 15 is 0 Å². The SMILES string of the molecule is Cc1ccc(N)cc1S(=O)(=O)N(C)C1CCCCC1. The number of benzene rings is 1. The average Bonchev–Trinajstić information content (AvgIpc) is 2.41. The Morgan fingerprint density at radius 1 is 1.21 bits per heavy atom. The van der Waals surface area contributed by atoms with E-state index in [0.717, 1.165) is 31.2 Å². The van der Waals surface area contributed by atoms with Crippen LogP contribution >= 0.6 is 0 Å². The van der Waals surface area contributed by atoms with E-state index in [0.29, 0.717) is 10.6 Å². The van der Waals surface area contributed by atoms with E-state index in [1.54, 1.807) is 32.2 Å². The van der Waals surface area contributed by atoms with Crippen molar-refractivity contribution in [2.75, 3.05) is 12.8 Å². The molecule has 106 valence electrons. The monoisotopic (exact) mass is 282 g/mol. The van der Waals surface area contributed by atoms with Gasteiger partial charge in [0.1, 0.15) is 0 Å². The molecular weight excluding hydrogens is 260 g/mol. The van der Waals surface area contributed by atoms with Crippen molar-refractivity contribution in [1.29, 1.82) is 0 Å². The summed E-state index contributed by atoms with van der Waals surface area (Å²) in [6, 6.07) is 5.18. The first-order chi connectivity index (χ1) is 8.93. The smallest absolute Gasteiger partial charge is 0.243 e. The molecule has 0 amide bonds. The van der Waals surface area contributed by atoms with Crippen molar-refractivity contribution in [3.05, 3.63) is 23.8 Å². The minimum Gasteiger partial charge on any atom is -0.399 e. The Bertz CT molecular complexity index is 549. The van der Waals surface area contributed by atoms with Gasteiger partial charge in [0.2, 0.25) is 10.0 Å². The second-order valence-corrected chi connectivity index (χ2v) is 7.30. The molecule has 0 bridgehead atoms. The number of hydrogen-bond donors (Lipinski definition) is 1. The van der Waals surface area contributed by atoms with Gasteiger partial charge in [-0.05, 0) is 37.5 Å². The lowest BCUT2D eigenvalue weighted by molar-refractivity contribution is 0.285. The van der Waals surface area contributed by atoms with Crippen molar-refractivity contribution in [3.63, 3.8) is 0 Å². The summed E-state index contributed by atoms with van der Waals surface area (Å²) in [5.74, 6) is 0. The summed E-state index contributed by atoms with van der Waals surface area (Å²) in [4.78, 5) is 0.334. The minimum absolute atomic E-state index is 0.125. The van der Waals surface area contributed by atoms with E-state index in [2.05, 4.69) is 0 Å². The number of sulfonamides is 1. The molecule has 1 aromatic carbocycles. The molecule has 5 heteroatoms. The van der Waals surface area contributed by atoms with Crippen LogP contribution in [0.5, 0.6) is 0 Å². The molecule has 0 spiro atoms. The Morgan fingerprint density at radius 2 is 1.84 bits per heavy atom. The lowest BCUT2D eigenvalue weighted by Crippen LogP contribution is -2.38. The van der Waals surface area contributed by atoms with E-state index < -0.39 is 10.0 Å². The predicted molar refractivity (Wildman–Crippen MR) is 77.4 cm³/mol. The van der Waals surface area contributed by atoms with Gasteiger partial charge in [0.25, 0.3) is 0 Å². The number of nitrogens with zero attached hydrogens (tertiary/aromatic N) is 1. The van der Waals surface area contributed by atoms with Crippen molar-refractivity contribution in [2.24, 2.45) is 0 Å². The first-order valence-corrected chi connectivity index (χ1v) is 8.21. The Morgan fingerprint density at radius 3 is 2.47 bits per heavy atom. The van der Waals surface area contributed by atoms with Crippen LogP contribution in [0.15, 0.2) is 23.1 Å². The van der Waals surface area contributed by atoms with E-state index in [4.69, 9.17) is 5.73 Å². The Kier molecular flexibility index (Phi) is 4.16. The maximum absolute atomic E-state index is 12.7. The maximum Gasteiger partial charge on any atom is 0.243 e. The van der Waals surface area contributed by atoms with Gasteiger partial charge in [-0.2, -0.15) is 4.31 Å². The molecule has 0 aliphatic heterocycles. The van der Waals surface area contributed by atoms with Gasteiger partial charge >= 0.3 is 0 Å². The molecule has 0 radical (unpaired) electrons. The summed E-state index contributed by atoms with van der Waals surface area (Å²) < 4.78 is 26.9. The average molecular weight is 282 g/mol. The van der Waals surface area contributed by atoms with E-state index in [-0.39, 0.29) is 6.04 Å². The van der Waals surface area contributed by atoms with Gasteiger partial charge in [0.05, 0.1) is 4.90 Å². The maximum atomic E-state index is 12.7. The fourth-order valence-corrected chi connectivity index (χ4v) is 4.36. The largest absolute Gasteiger partial charge is 0.399 e. The molecule has 0 unspecified atom stereocenters. The van der Waals surface area contributed by atoms with Crippen LogP contribution < -0.4 is 5.73 Å². The van der Waals surface area contributed by atoms with Gasteiger partial charge in [0, 0.05) is 18.8 Å². The lowest BCUT2D eigenvalue weighted by Gasteiger charge is -2.30. The summed E-state index contributed by atoms with van der Waals surface area (Å²) in [6.07, 6.45) is 5.34. The molecular formula is C14H22N2O2S. The zero-order chi connectivity index (χ0) is 14.0. The van der Waals surface area contributed by atoms with Crippen LogP contribution in [0.1, 0.15) is 37.7 Å². The zero-order valence-corrected chi connectivity index (χ0v) is 12.4. The van der Waals surface area contributed by atoms with Crippen LogP contribution in [0.3, 0.4) is 0 Å². The van der Waals surface area contributed by atoms with Crippen LogP contribution in [0.2, 0.25) is 0 Å². The van der Waals surface area contributed by atoms with Gasteiger partial charge < -0.3 is 5.73 Å². The van der Waals surface area contributed by atoms with Gasteiger partial charge in [0.15, 0.2) is 0 Å². The zero-order valence-electron chi connectivity index (χ0n) is 11.6. The number of anilines is 1. The molecule has 1 aromatic rings. The summed E-state index contributed by atoms with van der Waals surface area (Å²) in [5.41, 5.74) is 6.95. The number of hydrogen-bond acceptors (Lipinski definition) is 3. The van der Waals surface area contributed by atoms with Crippen LogP contribution in [0.4, 0.5) is 5.69 Å². The molecule has 1 aliphatic carbocycles. The van der Waals surface area contributed by atoms with Crippen molar-refractivity contribution in [3.8, 4) is 0 Å². The first-order valence-electron chi connectivity index (χ1n) is 6.77. The second kappa shape index (κ2) is 5.51. The fourth-order valence-electron chi connectivity index (χ4n) is 2.69. The third-order valence-corrected chi connectivity index (χ3v) is 6.01. The van der Waals surface area contributed by atoms with Gasteiger partial charge in [-0.3, -0.25) is 0 Å². The van der Waals surface area contributed by atoms with Crippen LogP contribution in [-0.4, -0.2) is 25.8 Å². The quantitative estimate of drug-likeness (QED) is 0.866. The van der Waals surface area contributed by atoms with Gasteiger partial charge in [-0.25, -0.2) is 8.42 Å². The highest BCUT2D eigenvalue weighted by Crippen LogP contribution is 2.28.